The molecule has 0 amide bonds. The van der Waals surface area contributed by atoms with Crippen molar-refractivity contribution < 1.29 is 28.6 Å². The van der Waals surface area contributed by atoms with Gasteiger partial charge < -0.3 is 14.2 Å². The van der Waals surface area contributed by atoms with Crippen LogP contribution in [0.4, 0.5) is 0 Å². The third-order valence-corrected chi connectivity index (χ3v) is 15.9. The fourth-order valence-electron chi connectivity index (χ4n) is 10.6. The molecule has 476 valence electrons. The van der Waals surface area contributed by atoms with E-state index in [1.807, 2.05) is 0 Å². The summed E-state index contributed by atoms with van der Waals surface area (Å²) < 4.78 is 17.0. The number of allylic oxidation sites excluding steroid dienone is 12. The highest BCUT2D eigenvalue weighted by Crippen LogP contribution is 2.18. The normalized spacial score (nSPS) is 12.5. The monoisotopic (exact) mass is 1150 g/mol. The number of carbonyl (C=O) groups excluding carboxylic acids is 3. The van der Waals surface area contributed by atoms with Gasteiger partial charge in [0.2, 0.25) is 0 Å². The Hall–Kier alpha value is -3.15. The third-order valence-electron chi connectivity index (χ3n) is 15.9. The number of hydrogen-bond donors (Lipinski definition) is 0. The quantitative estimate of drug-likeness (QED) is 0.0261. The minimum absolute atomic E-state index is 0.0799. The number of carbonyl (C=O) groups is 3. The van der Waals surface area contributed by atoms with Crippen LogP contribution < -0.4 is 0 Å². The van der Waals surface area contributed by atoms with Crippen molar-refractivity contribution in [2.75, 3.05) is 13.2 Å². The molecule has 0 aliphatic heterocycles. The van der Waals surface area contributed by atoms with Crippen LogP contribution in [0.1, 0.15) is 374 Å². The molecule has 0 aliphatic rings. The summed E-state index contributed by atoms with van der Waals surface area (Å²) in [6.45, 7) is 6.55. The molecule has 0 aliphatic carbocycles. The summed E-state index contributed by atoms with van der Waals surface area (Å²) in [5.41, 5.74) is 0. The number of unbranched alkanes of at least 4 members (excludes halogenated alkanes) is 43. The van der Waals surface area contributed by atoms with Crippen LogP contribution in [0.2, 0.25) is 0 Å². The van der Waals surface area contributed by atoms with E-state index in [9.17, 15) is 14.4 Å². The molecule has 0 heterocycles. The molecule has 1 unspecified atom stereocenters. The van der Waals surface area contributed by atoms with Crippen molar-refractivity contribution >= 4 is 17.9 Å². The van der Waals surface area contributed by atoms with Crippen molar-refractivity contribution in [2.24, 2.45) is 0 Å². The van der Waals surface area contributed by atoms with Crippen molar-refractivity contribution in [3.63, 3.8) is 0 Å². The zero-order chi connectivity index (χ0) is 59.2. The van der Waals surface area contributed by atoms with Crippen LogP contribution >= 0.6 is 0 Å². The lowest BCUT2D eigenvalue weighted by molar-refractivity contribution is -0.167. The Kier molecular flexibility index (Phi) is 67.6. The molecule has 0 spiro atoms. The minimum atomic E-state index is -0.787. The van der Waals surface area contributed by atoms with Gasteiger partial charge in [-0.3, -0.25) is 14.4 Å². The van der Waals surface area contributed by atoms with Gasteiger partial charge in [0.25, 0.3) is 0 Å². The lowest BCUT2D eigenvalue weighted by Gasteiger charge is -2.18. The van der Waals surface area contributed by atoms with Gasteiger partial charge >= 0.3 is 17.9 Å². The van der Waals surface area contributed by atoms with Gasteiger partial charge in [-0.05, 0) is 89.9 Å². The molecule has 6 heteroatoms. The molecule has 0 rings (SSSR count). The molecule has 0 fully saturated rings. The van der Waals surface area contributed by atoms with Crippen LogP contribution in [0.5, 0.6) is 0 Å². The summed E-state index contributed by atoms with van der Waals surface area (Å²) in [5.74, 6) is -0.881. The van der Waals surface area contributed by atoms with Crippen LogP contribution in [0.3, 0.4) is 0 Å². The van der Waals surface area contributed by atoms with E-state index >= 15 is 0 Å². The summed E-state index contributed by atoms with van der Waals surface area (Å²) in [5, 5.41) is 0. The maximum Gasteiger partial charge on any atom is 0.306 e. The molecule has 0 aromatic heterocycles. The van der Waals surface area contributed by atoms with E-state index < -0.39 is 6.10 Å². The van der Waals surface area contributed by atoms with Gasteiger partial charge in [-0.1, -0.05) is 338 Å². The van der Waals surface area contributed by atoms with Crippen molar-refractivity contribution in [2.45, 2.75) is 380 Å². The predicted molar refractivity (Wildman–Crippen MR) is 358 cm³/mol. The second-order valence-electron chi connectivity index (χ2n) is 24.1. The molecule has 1 atom stereocenters. The fraction of sp³-hybridized carbons (Fsp3) is 0.803. The van der Waals surface area contributed by atoms with Gasteiger partial charge in [-0.2, -0.15) is 0 Å². The van der Waals surface area contributed by atoms with Crippen molar-refractivity contribution in [3.05, 3.63) is 72.9 Å². The molecule has 0 saturated heterocycles. The smallest absolute Gasteiger partial charge is 0.306 e. The van der Waals surface area contributed by atoms with Crippen molar-refractivity contribution in [1.82, 2.24) is 0 Å². The van der Waals surface area contributed by atoms with E-state index in [1.54, 1.807) is 0 Å². The van der Waals surface area contributed by atoms with E-state index in [0.29, 0.717) is 19.3 Å². The highest BCUT2D eigenvalue weighted by Gasteiger charge is 2.19. The summed E-state index contributed by atoms with van der Waals surface area (Å²) in [6, 6.07) is 0. The van der Waals surface area contributed by atoms with E-state index in [-0.39, 0.29) is 31.1 Å². The SMILES string of the molecule is CC/C=C\C/C=C\C/C=C\C/C=C\CCCCCCCCCCC(=O)OC(COC(=O)CCCCCCC/C=C\C/C=C\CCCCCC)COC(=O)CCCCCCCCCCCCCCCCCCCCCCCCCCCCC. The van der Waals surface area contributed by atoms with Gasteiger partial charge in [-0.25, -0.2) is 0 Å². The van der Waals surface area contributed by atoms with E-state index in [1.165, 1.54) is 225 Å². The molecule has 6 nitrogen and oxygen atoms in total. The van der Waals surface area contributed by atoms with Crippen LogP contribution in [0, 0.1) is 0 Å². The first-order chi connectivity index (χ1) is 40.5. The Bertz CT molecular complexity index is 1500. The molecule has 0 N–H and O–H groups in total. The van der Waals surface area contributed by atoms with Crippen LogP contribution in [0.25, 0.3) is 0 Å². The number of hydrogen-bond acceptors (Lipinski definition) is 6. The Balaban J connectivity index is 4.30. The molecular formula is C76H136O6. The highest BCUT2D eigenvalue weighted by molar-refractivity contribution is 5.71. The topological polar surface area (TPSA) is 78.9 Å². The highest BCUT2D eigenvalue weighted by atomic mass is 16.6. The van der Waals surface area contributed by atoms with E-state index in [0.717, 1.165) is 109 Å². The van der Waals surface area contributed by atoms with Crippen LogP contribution in [-0.2, 0) is 28.6 Å². The minimum Gasteiger partial charge on any atom is -0.462 e. The Labute approximate surface area is 510 Å². The Morgan fingerprint density at radius 3 is 0.756 bits per heavy atom. The largest absolute Gasteiger partial charge is 0.462 e. The zero-order valence-corrected chi connectivity index (χ0v) is 54.8. The van der Waals surface area contributed by atoms with Gasteiger partial charge in [0.05, 0.1) is 0 Å². The van der Waals surface area contributed by atoms with Crippen LogP contribution in [0.15, 0.2) is 72.9 Å². The number of esters is 3. The molecule has 0 radical (unpaired) electrons. The number of ether oxygens (including phenoxy) is 3. The fourth-order valence-corrected chi connectivity index (χ4v) is 10.6. The Morgan fingerprint density at radius 1 is 0.256 bits per heavy atom. The lowest BCUT2D eigenvalue weighted by atomic mass is 10.0. The second-order valence-corrected chi connectivity index (χ2v) is 24.1. The number of rotatable bonds is 66. The molecule has 0 bridgehead atoms. The molecule has 0 saturated carbocycles. The average Bonchev–Trinajstić information content (AvgIpc) is 3.48. The second kappa shape index (κ2) is 70.3. The first kappa shape index (κ1) is 78.8. The lowest BCUT2D eigenvalue weighted by Crippen LogP contribution is -2.30. The molecule has 0 aromatic rings. The first-order valence-corrected chi connectivity index (χ1v) is 35.9. The van der Waals surface area contributed by atoms with E-state index in [2.05, 4.69) is 93.7 Å². The third kappa shape index (κ3) is 67.6. The summed E-state index contributed by atoms with van der Waals surface area (Å²) in [6.07, 6.45) is 92.2. The average molecular weight is 1150 g/mol. The van der Waals surface area contributed by atoms with Crippen LogP contribution in [-0.4, -0.2) is 37.2 Å². The first-order valence-electron chi connectivity index (χ1n) is 35.9. The summed E-state index contributed by atoms with van der Waals surface area (Å²) in [4.78, 5) is 38.5. The maximum atomic E-state index is 13.0. The van der Waals surface area contributed by atoms with Gasteiger partial charge in [0.1, 0.15) is 13.2 Å². The van der Waals surface area contributed by atoms with Gasteiger partial charge in [-0.15, -0.1) is 0 Å². The molecule has 0 aromatic carbocycles. The maximum absolute atomic E-state index is 13.0. The molecule has 82 heavy (non-hydrogen) atoms. The standard InChI is InChI=1S/C76H136O6/c1-4-7-10-13-16-19-22-25-28-31-33-35-36-37-38-39-40-42-43-45-48-51-54-57-60-63-66-69-75(78)81-72-73(71-80-74(77)68-65-62-59-56-53-50-47-30-27-24-21-18-15-12-9-6-3)82-76(79)70-67-64-61-58-55-52-49-46-44-41-34-32-29-26-23-20-17-14-11-8-5-2/h8,11,17,20-21,24,26,29-30,34,41,47,73H,4-7,9-10,12-16,18-19,22-23,25,27-28,31-33,35-40,42-46,48-72H2,1-3H3/b11-8-,20-17-,24-21-,29-26-,41-34-,47-30-. The van der Waals surface area contributed by atoms with Crippen molar-refractivity contribution in [3.8, 4) is 0 Å². The zero-order valence-electron chi connectivity index (χ0n) is 54.8. The van der Waals surface area contributed by atoms with E-state index in [4.69, 9.17) is 14.2 Å². The van der Waals surface area contributed by atoms with Gasteiger partial charge in [0, 0.05) is 19.3 Å². The summed E-state index contributed by atoms with van der Waals surface area (Å²) >= 11 is 0. The predicted octanol–water partition coefficient (Wildman–Crippen LogP) is 24.8. The Morgan fingerprint density at radius 2 is 0.476 bits per heavy atom. The summed E-state index contributed by atoms with van der Waals surface area (Å²) in [7, 11) is 0. The molecular weight excluding hydrogens is 1010 g/mol. The van der Waals surface area contributed by atoms with Crippen molar-refractivity contribution in [1.29, 1.82) is 0 Å². The van der Waals surface area contributed by atoms with Gasteiger partial charge in [0.15, 0.2) is 6.10 Å².